The Balaban J connectivity index is 1.93. The van der Waals surface area contributed by atoms with Crippen LogP contribution in [0.4, 0.5) is 0 Å². The number of para-hydroxylation sites is 2. The first kappa shape index (κ1) is 15.0. The molecule has 2 aromatic heterocycles. The zero-order chi connectivity index (χ0) is 15.0. The van der Waals surface area contributed by atoms with E-state index in [1.807, 2.05) is 24.3 Å². The minimum Gasteiger partial charge on any atom is -0.387 e. The topological polar surface area (TPSA) is 38.0 Å². The summed E-state index contributed by atoms with van der Waals surface area (Å²) < 4.78 is 3.63. The summed E-state index contributed by atoms with van der Waals surface area (Å²) in [5.74, 6) is 0.895. The normalized spacial score (nSPS) is 13.0. The van der Waals surface area contributed by atoms with Crippen LogP contribution in [0.25, 0.3) is 11.0 Å². The number of fused-ring (bicyclic) bond motifs is 1. The maximum absolute atomic E-state index is 10.4. The second-order valence-electron chi connectivity index (χ2n) is 4.75. The molecule has 0 spiro atoms. The number of imidazole rings is 1. The van der Waals surface area contributed by atoms with Crippen LogP contribution in [0.2, 0.25) is 4.34 Å². The molecule has 0 bridgehead atoms. The fourth-order valence-electron chi connectivity index (χ4n) is 2.44. The molecule has 0 radical (unpaired) electrons. The van der Waals surface area contributed by atoms with Crippen molar-refractivity contribution in [2.75, 3.05) is 0 Å². The van der Waals surface area contributed by atoms with Gasteiger partial charge >= 0.3 is 0 Å². The molecule has 6 heteroatoms. The maximum atomic E-state index is 10.4. The lowest BCUT2D eigenvalue weighted by molar-refractivity contribution is 0.178. The van der Waals surface area contributed by atoms with Gasteiger partial charge in [0.05, 0.1) is 17.1 Å². The Morgan fingerprint density at radius 2 is 2.19 bits per heavy atom. The molecule has 1 aromatic carbocycles. The predicted molar refractivity (Wildman–Crippen MR) is 91.1 cm³/mol. The van der Waals surface area contributed by atoms with Crippen LogP contribution >= 0.6 is 38.9 Å². The van der Waals surface area contributed by atoms with Crippen LogP contribution in [0.5, 0.6) is 0 Å². The van der Waals surface area contributed by atoms with E-state index in [9.17, 15) is 5.11 Å². The molecular formula is C15H14BrClN2OS. The number of aryl methyl sites for hydroxylation is 1. The lowest BCUT2D eigenvalue weighted by Gasteiger charge is -2.10. The van der Waals surface area contributed by atoms with Crippen LogP contribution in [0.3, 0.4) is 0 Å². The fourth-order valence-corrected chi connectivity index (χ4v) is 4.16. The number of hydrogen-bond donors (Lipinski definition) is 1. The zero-order valence-corrected chi connectivity index (χ0v) is 14.5. The third kappa shape index (κ3) is 2.88. The largest absolute Gasteiger partial charge is 0.387 e. The number of aliphatic hydroxyl groups excluding tert-OH is 1. The number of benzene rings is 1. The fraction of sp³-hybridized carbons (Fsp3) is 0.267. The van der Waals surface area contributed by atoms with E-state index >= 15 is 0 Å². The van der Waals surface area contributed by atoms with Gasteiger partial charge < -0.3 is 9.67 Å². The van der Waals surface area contributed by atoms with Crippen molar-refractivity contribution < 1.29 is 5.11 Å². The highest BCUT2D eigenvalue weighted by atomic mass is 79.9. The standard InChI is InChI=1S/C15H14BrClN2OS/c1-2-19-11-6-4-3-5-10(11)18-14(19)8-12(20)13-7-9(16)15(17)21-13/h3-7,12,20H,2,8H2,1H3. The molecule has 21 heavy (non-hydrogen) atoms. The van der Waals surface area contributed by atoms with E-state index in [0.717, 1.165) is 32.8 Å². The van der Waals surface area contributed by atoms with Crippen LogP contribution < -0.4 is 0 Å². The Morgan fingerprint density at radius 3 is 2.86 bits per heavy atom. The van der Waals surface area contributed by atoms with Crippen LogP contribution in [0.1, 0.15) is 23.7 Å². The molecule has 0 aliphatic rings. The van der Waals surface area contributed by atoms with E-state index in [4.69, 9.17) is 11.6 Å². The van der Waals surface area contributed by atoms with Gasteiger partial charge in [0.15, 0.2) is 0 Å². The molecule has 3 nitrogen and oxygen atoms in total. The van der Waals surface area contributed by atoms with Crippen LogP contribution in [-0.2, 0) is 13.0 Å². The van der Waals surface area contributed by atoms with Gasteiger partial charge in [-0.15, -0.1) is 11.3 Å². The summed E-state index contributed by atoms with van der Waals surface area (Å²) in [4.78, 5) is 5.49. The lowest BCUT2D eigenvalue weighted by Crippen LogP contribution is -2.07. The molecule has 0 aliphatic carbocycles. The van der Waals surface area contributed by atoms with Crippen molar-refractivity contribution in [3.8, 4) is 0 Å². The summed E-state index contributed by atoms with van der Waals surface area (Å²) >= 11 is 10.8. The first-order valence-electron chi connectivity index (χ1n) is 6.67. The van der Waals surface area contributed by atoms with Crippen molar-refractivity contribution in [3.05, 3.63) is 49.8 Å². The number of aromatic nitrogens is 2. The minimum atomic E-state index is -0.596. The molecule has 2 heterocycles. The average Bonchev–Trinajstić information content (AvgIpc) is 2.99. The van der Waals surface area contributed by atoms with Gasteiger partial charge in [-0.2, -0.15) is 0 Å². The summed E-state index contributed by atoms with van der Waals surface area (Å²) in [6, 6.07) is 9.91. The molecule has 0 saturated carbocycles. The zero-order valence-electron chi connectivity index (χ0n) is 11.4. The van der Waals surface area contributed by atoms with Crippen molar-refractivity contribution in [2.24, 2.45) is 0 Å². The Bertz CT molecular complexity index is 764. The highest BCUT2D eigenvalue weighted by Crippen LogP contribution is 2.36. The first-order valence-corrected chi connectivity index (χ1v) is 8.65. The number of rotatable bonds is 4. The summed E-state index contributed by atoms with van der Waals surface area (Å²) in [5, 5.41) is 10.4. The molecule has 0 fully saturated rings. The second-order valence-corrected chi connectivity index (χ2v) is 7.29. The van der Waals surface area contributed by atoms with Gasteiger partial charge in [0.1, 0.15) is 10.2 Å². The van der Waals surface area contributed by atoms with Gasteiger partial charge in [0, 0.05) is 22.3 Å². The number of aliphatic hydroxyl groups is 1. The van der Waals surface area contributed by atoms with Crippen molar-refractivity contribution in [1.29, 1.82) is 0 Å². The molecule has 0 saturated heterocycles. The van der Waals surface area contributed by atoms with Gasteiger partial charge in [-0.1, -0.05) is 23.7 Å². The summed E-state index contributed by atoms with van der Waals surface area (Å²) in [5.41, 5.74) is 2.07. The van der Waals surface area contributed by atoms with E-state index in [1.165, 1.54) is 11.3 Å². The molecule has 0 aliphatic heterocycles. The first-order chi connectivity index (χ1) is 10.1. The molecule has 110 valence electrons. The van der Waals surface area contributed by atoms with Crippen molar-refractivity contribution in [3.63, 3.8) is 0 Å². The predicted octanol–water partition coefficient (Wildman–Crippen LogP) is 4.81. The molecule has 1 unspecified atom stereocenters. The van der Waals surface area contributed by atoms with Crippen molar-refractivity contribution in [1.82, 2.24) is 9.55 Å². The summed E-state index contributed by atoms with van der Waals surface area (Å²) in [6.07, 6.45) is -0.118. The number of hydrogen-bond acceptors (Lipinski definition) is 3. The Kier molecular flexibility index (Phi) is 4.36. The van der Waals surface area contributed by atoms with Crippen LogP contribution in [0.15, 0.2) is 34.8 Å². The average molecular weight is 386 g/mol. The molecule has 0 amide bonds. The van der Waals surface area contributed by atoms with Gasteiger partial charge in [-0.25, -0.2) is 4.98 Å². The third-order valence-corrected chi connectivity index (χ3v) is 5.99. The highest BCUT2D eigenvalue weighted by Gasteiger charge is 2.18. The smallest absolute Gasteiger partial charge is 0.112 e. The summed E-state index contributed by atoms with van der Waals surface area (Å²) in [6.45, 7) is 2.92. The Hall–Kier alpha value is -0.880. The molecular weight excluding hydrogens is 372 g/mol. The van der Waals surface area contributed by atoms with Crippen molar-refractivity contribution >= 4 is 49.9 Å². The van der Waals surface area contributed by atoms with Gasteiger partial charge in [0.25, 0.3) is 0 Å². The van der Waals surface area contributed by atoms with Crippen LogP contribution in [0, 0.1) is 0 Å². The second kappa shape index (κ2) is 6.08. The lowest BCUT2D eigenvalue weighted by atomic mass is 10.2. The van der Waals surface area contributed by atoms with Crippen LogP contribution in [-0.4, -0.2) is 14.7 Å². The van der Waals surface area contributed by atoms with Gasteiger partial charge in [0.2, 0.25) is 0 Å². The number of thiophene rings is 1. The van der Waals surface area contributed by atoms with Crippen molar-refractivity contribution in [2.45, 2.75) is 26.0 Å². The Labute approximate surface area is 140 Å². The van der Waals surface area contributed by atoms with E-state index in [0.29, 0.717) is 10.8 Å². The van der Waals surface area contributed by atoms with E-state index < -0.39 is 6.10 Å². The molecule has 3 rings (SSSR count). The van der Waals surface area contributed by atoms with E-state index in [2.05, 4.69) is 38.5 Å². The SMILES string of the molecule is CCn1c(CC(O)c2cc(Br)c(Cl)s2)nc2ccccc21. The Morgan fingerprint density at radius 1 is 1.43 bits per heavy atom. The monoisotopic (exact) mass is 384 g/mol. The third-order valence-electron chi connectivity index (χ3n) is 3.42. The highest BCUT2D eigenvalue weighted by molar-refractivity contribution is 9.10. The van der Waals surface area contributed by atoms with Gasteiger partial charge in [-0.3, -0.25) is 0 Å². The number of halogens is 2. The maximum Gasteiger partial charge on any atom is 0.112 e. The van der Waals surface area contributed by atoms with E-state index in [-0.39, 0.29) is 0 Å². The van der Waals surface area contributed by atoms with Gasteiger partial charge in [-0.05, 0) is 41.1 Å². The summed E-state index contributed by atoms with van der Waals surface area (Å²) in [7, 11) is 0. The molecule has 3 aromatic rings. The molecule has 1 N–H and O–H groups in total. The van der Waals surface area contributed by atoms with E-state index in [1.54, 1.807) is 0 Å². The number of nitrogens with zero attached hydrogens (tertiary/aromatic N) is 2. The quantitative estimate of drug-likeness (QED) is 0.700. The minimum absolute atomic E-state index is 0.478. The molecule has 1 atom stereocenters.